The molecule has 2 aliphatic rings. The quantitative estimate of drug-likeness (QED) is 0.874. The monoisotopic (exact) mass is 369 g/mol. The number of rotatable bonds is 2. The van der Waals surface area contributed by atoms with Crippen LogP contribution in [0.3, 0.4) is 0 Å². The van der Waals surface area contributed by atoms with E-state index in [-0.39, 0.29) is 0 Å². The molecule has 1 aromatic carbocycles. The van der Waals surface area contributed by atoms with Crippen LogP contribution in [-0.4, -0.2) is 52.2 Å². The van der Waals surface area contributed by atoms with E-state index in [1.807, 2.05) is 12.1 Å². The molecule has 2 saturated heterocycles. The first-order chi connectivity index (χ1) is 12.5. The molecule has 2 aliphatic heterocycles. The Kier molecular flexibility index (Phi) is 4.13. The molecule has 4 rings (SSSR count). The third-order valence-corrected chi connectivity index (χ3v) is 5.34. The van der Waals surface area contributed by atoms with Crippen molar-refractivity contribution in [3.8, 4) is 17.3 Å². The van der Waals surface area contributed by atoms with Crippen LogP contribution in [0, 0.1) is 23.2 Å². The van der Waals surface area contributed by atoms with Crippen LogP contribution in [0.4, 0.5) is 10.7 Å². The van der Waals surface area contributed by atoms with E-state index in [1.165, 1.54) is 4.90 Å². The number of halogens is 1. The van der Waals surface area contributed by atoms with Crippen LogP contribution in [0.1, 0.15) is 5.56 Å². The maximum atomic E-state index is 11.1. The summed E-state index contributed by atoms with van der Waals surface area (Å²) >= 11 is 6.28. The third-order valence-electron chi connectivity index (χ3n) is 5.06. The summed E-state index contributed by atoms with van der Waals surface area (Å²) in [5.74, 6) is 1.22. The molecule has 0 bridgehead atoms. The van der Waals surface area contributed by atoms with Gasteiger partial charge in [-0.25, -0.2) is 14.8 Å². The Bertz CT molecular complexity index is 881. The standard InChI is InChI=1S/C18H16ClN5O2/c19-15-6-21-17(22-16(15)12-3-1-11(5-20)2-4-12)23-7-13-9-24(18(25)26)10-14(13)8-23/h1-4,6,13-14H,7-10H2,(H,25,26). The number of nitriles is 1. The van der Waals surface area contributed by atoms with Crippen LogP contribution in [0.15, 0.2) is 30.5 Å². The number of likely N-dealkylation sites (tertiary alicyclic amines) is 1. The second kappa shape index (κ2) is 6.46. The molecule has 7 nitrogen and oxygen atoms in total. The van der Waals surface area contributed by atoms with Crippen molar-refractivity contribution in [2.75, 3.05) is 31.1 Å². The van der Waals surface area contributed by atoms with Gasteiger partial charge in [0.2, 0.25) is 5.95 Å². The molecule has 0 spiro atoms. The van der Waals surface area contributed by atoms with Gasteiger partial charge in [0.1, 0.15) is 0 Å². The maximum absolute atomic E-state index is 11.1. The van der Waals surface area contributed by atoms with E-state index < -0.39 is 6.09 Å². The highest BCUT2D eigenvalue weighted by atomic mass is 35.5. The maximum Gasteiger partial charge on any atom is 0.407 e. The lowest BCUT2D eigenvalue weighted by Crippen LogP contribution is -2.32. The first kappa shape index (κ1) is 16.6. The molecule has 0 radical (unpaired) electrons. The van der Waals surface area contributed by atoms with Crippen LogP contribution < -0.4 is 4.90 Å². The number of aromatic nitrogens is 2. The molecule has 2 atom stereocenters. The number of amides is 1. The number of anilines is 1. The summed E-state index contributed by atoms with van der Waals surface area (Å²) in [6, 6.07) is 9.19. The third kappa shape index (κ3) is 2.93. The minimum absolute atomic E-state index is 0.309. The largest absolute Gasteiger partial charge is 0.465 e. The first-order valence-electron chi connectivity index (χ1n) is 8.31. The van der Waals surface area contributed by atoms with Gasteiger partial charge >= 0.3 is 6.09 Å². The van der Waals surface area contributed by atoms with Gasteiger partial charge in [-0.2, -0.15) is 5.26 Å². The molecule has 1 N–H and O–H groups in total. The molecular formula is C18H16ClN5O2. The van der Waals surface area contributed by atoms with E-state index in [4.69, 9.17) is 22.0 Å². The Morgan fingerprint density at radius 2 is 1.85 bits per heavy atom. The van der Waals surface area contributed by atoms with Gasteiger partial charge < -0.3 is 14.9 Å². The fraction of sp³-hybridized carbons (Fsp3) is 0.333. The van der Waals surface area contributed by atoms with Gasteiger partial charge in [0, 0.05) is 43.6 Å². The summed E-state index contributed by atoms with van der Waals surface area (Å²) in [4.78, 5) is 23.7. The molecular weight excluding hydrogens is 354 g/mol. The molecule has 0 saturated carbocycles. The Morgan fingerprint density at radius 3 is 2.42 bits per heavy atom. The minimum atomic E-state index is -0.850. The normalized spacial score (nSPS) is 21.5. The summed E-state index contributed by atoms with van der Waals surface area (Å²) in [6.07, 6.45) is 0.742. The van der Waals surface area contributed by atoms with Crippen LogP contribution in [0.25, 0.3) is 11.3 Å². The number of fused-ring (bicyclic) bond motifs is 1. The summed E-state index contributed by atoms with van der Waals surface area (Å²) < 4.78 is 0. The lowest BCUT2D eigenvalue weighted by molar-refractivity contribution is 0.153. The highest BCUT2D eigenvalue weighted by Crippen LogP contribution is 2.34. The van der Waals surface area contributed by atoms with E-state index in [9.17, 15) is 4.79 Å². The average molecular weight is 370 g/mol. The number of hydrogen-bond donors (Lipinski definition) is 1. The number of carboxylic acid groups (broad SMARTS) is 1. The second-order valence-corrected chi connectivity index (χ2v) is 7.08. The Hall–Kier alpha value is -2.85. The van der Waals surface area contributed by atoms with E-state index in [2.05, 4.69) is 20.9 Å². The van der Waals surface area contributed by atoms with Crippen molar-refractivity contribution in [3.05, 3.63) is 41.0 Å². The topological polar surface area (TPSA) is 93.4 Å². The minimum Gasteiger partial charge on any atom is -0.465 e. The molecule has 132 valence electrons. The predicted molar refractivity (Wildman–Crippen MR) is 96.0 cm³/mol. The number of hydrogen-bond acceptors (Lipinski definition) is 5. The summed E-state index contributed by atoms with van der Waals surface area (Å²) in [6.45, 7) is 2.60. The number of benzene rings is 1. The van der Waals surface area contributed by atoms with Crippen LogP contribution in [0.5, 0.6) is 0 Å². The van der Waals surface area contributed by atoms with Crippen LogP contribution in [-0.2, 0) is 0 Å². The van der Waals surface area contributed by atoms with E-state index in [1.54, 1.807) is 18.3 Å². The van der Waals surface area contributed by atoms with Gasteiger partial charge in [0.25, 0.3) is 0 Å². The van der Waals surface area contributed by atoms with Crippen molar-refractivity contribution in [1.29, 1.82) is 5.26 Å². The molecule has 8 heteroatoms. The smallest absolute Gasteiger partial charge is 0.407 e. The molecule has 1 amide bonds. The van der Waals surface area contributed by atoms with Crippen molar-refractivity contribution in [2.24, 2.45) is 11.8 Å². The first-order valence-corrected chi connectivity index (χ1v) is 8.69. The zero-order chi connectivity index (χ0) is 18.3. The second-order valence-electron chi connectivity index (χ2n) is 6.67. The predicted octanol–water partition coefficient (Wildman–Crippen LogP) is 2.71. The van der Waals surface area contributed by atoms with Crippen molar-refractivity contribution >= 4 is 23.6 Å². The van der Waals surface area contributed by atoms with Crippen molar-refractivity contribution in [3.63, 3.8) is 0 Å². The molecule has 2 fully saturated rings. The molecule has 2 aromatic rings. The van der Waals surface area contributed by atoms with Crippen molar-refractivity contribution < 1.29 is 9.90 Å². The van der Waals surface area contributed by atoms with Crippen molar-refractivity contribution in [2.45, 2.75) is 0 Å². The Labute approximate surface area is 155 Å². The van der Waals surface area contributed by atoms with E-state index in [0.717, 1.165) is 18.7 Å². The molecule has 2 unspecified atom stereocenters. The summed E-state index contributed by atoms with van der Waals surface area (Å²) in [5.41, 5.74) is 2.04. The SMILES string of the molecule is N#Cc1ccc(-c2nc(N3CC4CN(C(=O)O)CC4C3)ncc2Cl)cc1. The molecule has 3 heterocycles. The van der Waals surface area contributed by atoms with E-state index >= 15 is 0 Å². The fourth-order valence-corrected chi connectivity index (χ4v) is 3.93. The highest BCUT2D eigenvalue weighted by Gasteiger charge is 2.42. The molecule has 0 aliphatic carbocycles. The van der Waals surface area contributed by atoms with Gasteiger partial charge in [-0.05, 0) is 12.1 Å². The van der Waals surface area contributed by atoms with Gasteiger partial charge in [-0.15, -0.1) is 0 Å². The Morgan fingerprint density at radius 1 is 1.19 bits per heavy atom. The van der Waals surface area contributed by atoms with Gasteiger partial charge in [-0.1, -0.05) is 23.7 Å². The van der Waals surface area contributed by atoms with Gasteiger partial charge in [-0.3, -0.25) is 0 Å². The average Bonchev–Trinajstić information content (AvgIpc) is 3.21. The number of nitrogens with zero attached hydrogens (tertiary/aromatic N) is 5. The molecule has 26 heavy (non-hydrogen) atoms. The van der Waals surface area contributed by atoms with Gasteiger partial charge in [0.05, 0.1) is 28.5 Å². The van der Waals surface area contributed by atoms with Crippen LogP contribution in [0.2, 0.25) is 5.02 Å². The zero-order valence-electron chi connectivity index (χ0n) is 13.8. The van der Waals surface area contributed by atoms with Crippen LogP contribution >= 0.6 is 11.6 Å². The van der Waals surface area contributed by atoms with Crippen molar-refractivity contribution in [1.82, 2.24) is 14.9 Å². The highest BCUT2D eigenvalue weighted by molar-refractivity contribution is 6.32. The zero-order valence-corrected chi connectivity index (χ0v) is 14.6. The number of carbonyl (C=O) groups is 1. The lowest BCUT2D eigenvalue weighted by atomic mass is 10.0. The summed E-state index contributed by atoms with van der Waals surface area (Å²) in [5, 5.41) is 18.5. The van der Waals surface area contributed by atoms with E-state index in [0.29, 0.717) is 47.2 Å². The molecule has 1 aromatic heterocycles. The Balaban J connectivity index is 1.56. The fourth-order valence-electron chi connectivity index (χ4n) is 3.73. The van der Waals surface area contributed by atoms with Gasteiger partial charge in [0.15, 0.2) is 0 Å². The summed E-state index contributed by atoms with van der Waals surface area (Å²) in [7, 11) is 0. The lowest BCUT2D eigenvalue weighted by Gasteiger charge is -2.20.